The zero-order valence-corrected chi connectivity index (χ0v) is 10.7. The average Bonchev–Trinajstić information content (AvgIpc) is 2.16. The van der Waals surface area contributed by atoms with E-state index in [9.17, 15) is 0 Å². The number of hydrogen-bond donors (Lipinski definition) is 1. The highest BCUT2D eigenvalue weighted by molar-refractivity contribution is 9.10. The Balaban J connectivity index is 2.64. The Kier molecular flexibility index (Phi) is 4.35. The van der Waals surface area contributed by atoms with Crippen LogP contribution in [-0.2, 0) is 6.54 Å². The molecule has 0 aromatic heterocycles. The second-order valence-electron chi connectivity index (χ2n) is 3.04. The Labute approximate surface area is 98.4 Å². The van der Waals surface area contributed by atoms with Crippen LogP contribution in [0.5, 0.6) is 0 Å². The molecular weight excluding hydrogens is 260 g/mol. The molecule has 0 saturated heterocycles. The zero-order chi connectivity index (χ0) is 10.6. The molecule has 76 valence electrons. The van der Waals surface area contributed by atoms with Crippen LogP contribution < -0.4 is 5.32 Å². The van der Waals surface area contributed by atoms with E-state index in [1.807, 2.05) is 31.1 Å². The Hall–Kier alpha value is -0.610. The number of rotatable bonds is 2. The van der Waals surface area contributed by atoms with Crippen LogP contribution in [-0.4, -0.2) is 24.1 Å². The third kappa shape index (κ3) is 3.27. The molecule has 14 heavy (non-hydrogen) atoms. The predicted molar refractivity (Wildman–Crippen MR) is 67.3 cm³/mol. The van der Waals surface area contributed by atoms with Crippen molar-refractivity contribution in [2.24, 2.45) is 0 Å². The Morgan fingerprint density at radius 3 is 2.86 bits per heavy atom. The fourth-order valence-corrected chi connectivity index (χ4v) is 1.68. The largest absolute Gasteiger partial charge is 0.366 e. The predicted octanol–water partition coefficient (Wildman–Crippen LogP) is 2.39. The van der Waals surface area contributed by atoms with Gasteiger partial charge in [-0.05, 0) is 29.9 Å². The zero-order valence-electron chi connectivity index (χ0n) is 8.25. The van der Waals surface area contributed by atoms with Gasteiger partial charge in [-0.25, -0.2) is 0 Å². The molecule has 0 fully saturated rings. The van der Waals surface area contributed by atoms with Gasteiger partial charge < -0.3 is 10.2 Å². The van der Waals surface area contributed by atoms with Crippen molar-refractivity contribution >= 4 is 33.3 Å². The van der Waals surface area contributed by atoms with Crippen LogP contribution in [0.4, 0.5) is 0 Å². The normalized spacial score (nSPS) is 9.64. The lowest BCUT2D eigenvalue weighted by atomic mass is 10.2. The molecule has 1 aromatic rings. The molecule has 0 spiro atoms. The molecule has 0 aliphatic carbocycles. The van der Waals surface area contributed by atoms with Crippen molar-refractivity contribution in [3.8, 4) is 0 Å². The van der Waals surface area contributed by atoms with Gasteiger partial charge in [0.2, 0.25) is 0 Å². The number of thiocarbonyl (C=S) groups is 1. The lowest BCUT2D eigenvalue weighted by molar-refractivity contribution is 0.494. The highest BCUT2D eigenvalue weighted by Gasteiger charge is 2.02. The van der Waals surface area contributed by atoms with Gasteiger partial charge in [0.05, 0.1) is 0 Å². The van der Waals surface area contributed by atoms with Crippen LogP contribution >= 0.6 is 28.1 Å². The van der Waals surface area contributed by atoms with Crippen LogP contribution in [0.25, 0.3) is 0 Å². The molecule has 0 radical (unpaired) electrons. The summed E-state index contributed by atoms with van der Waals surface area (Å²) in [6.07, 6.45) is 0. The first-order chi connectivity index (χ1) is 6.63. The van der Waals surface area contributed by atoms with E-state index >= 15 is 0 Å². The van der Waals surface area contributed by atoms with Crippen LogP contribution in [0.3, 0.4) is 0 Å². The highest BCUT2D eigenvalue weighted by atomic mass is 79.9. The van der Waals surface area contributed by atoms with Crippen LogP contribution in [0.2, 0.25) is 0 Å². The lowest BCUT2D eigenvalue weighted by Gasteiger charge is -2.19. The molecule has 0 saturated carbocycles. The van der Waals surface area contributed by atoms with Crippen molar-refractivity contribution < 1.29 is 0 Å². The van der Waals surface area contributed by atoms with Gasteiger partial charge in [0, 0.05) is 25.1 Å². The van der Waals surface area contributed by atoms with Gasteiger partial charge in [-0.2, -0.15) is 0 Å². The summed E-state index contributed by atoms with van der Waals surface area (Å²) in [4.78, 5) is 2.00. The number of hydrogen-bond acceptors (Lipinski definition) is 1. The molecule has 1 rings (SSSR count). The quantitative estimate of drug-likeness (QED) is 0.833. The summed E-state index contributed by atoms with van der Waals surface area (Å²) < 4.78 is 1.10. The van der Waals surface area contributed by atoms with Crippen LogP contribution in [0.15, 0.2) is 28.7 Å². The smallest absolute Gasteiger partial charge is 0.168 e. The Morgan fingerprint density at radius 1 is 1.57 bits per heavy atom. The average molecular weight is 273 g/mol. The number of halogens is 1. The first kappa shape index (κ1) is 11.5. The minimum absolute atomic E-state index is 0.755. The number of nitrogens with one attached hydrogen (secondary N) is 1. The first-order valence-electron chi connectivity index (χ1n) is 4.31. The number of nitrogens with zero attached hydrogens (tertiary/aromatic N) is 1. The molecule has 4 heteroatoms. The molecule has 0 atom stereocenters. The second-order valence-corrected chi connectivity index (χ2v) is 4.34. The van der Waals surface area contributed by atoms with Crippen LogP contribution in [0, 0.1) is 0 Å². The molecule has 0 amide bonds. The summed E-state index contributed by atoms with van der Waals surface area (Å²) in [6, 6.07) is 8.21. The molecule has 0 aliphatic rings. The van der Waals surface area contributed by atoms with Crippen molar-refractivity contribution in [1.82, 2.24) is 10.2 Å². The van der Waals surface area contributed by atoms with Gasteiger partial charge in [0.25, 0.3) is 0 Å². The minimum atomic E-state index is 0.755. The fourth-order valence-electron chi connectivity index (χ4n) is 1.17. The van der Waals surface area contributed by atoms with Crippen molar-refractivity contribution in [3.63, 3.8) is 0 Å². The molecule has 0 heterocycles. The summed E-state index contributed by atoms with van der Waals surface area (Å²) in [5.74, 6) is 0. The van der Waals surface area contributed by atoms with Gasteiger partial charge in [-0.3, -0.25) is 0 Å². The van der Waals surface area contributed by atoms with Gasteiger partial charge >= 0.3 is 0 Å². The van der Waals surface area contributed by atoms with E-state index < -0.39 is 0 Å². The van der Waals surface area contributed by atoms with Crippen molar-refractivity contribution in [2.75, 3.05) is 14.1 Å². The Morgan fingerprint density at radius 2 is 2.29 bits per heavy atom. The monoisotopic (exact) mass is 272 g/mol. The summed E-state index contributed by atoms with van der Waals surface area (Å²) in [6.45, 7) is 0.819. The third-order valence-electron chi connectivity index (χ3n) is 1.87. The van der Waals surface area contributed by atoms with Gasteiger partial charge in [0.1, 0.15) is 0 Å². The van der Waals surface area contributed by atoms with E-state index in [0.717, 1.165) is 16.1 Å². The summed E-state index contributed by atoms with van der Waals surface area (Å²) in [5.41, 5.74) is 1.24. The maximum Gasteiger partial charge on any atom is 0.168 e. The van der Waals surface area contributed by atoms with E-state index in [0.29, 0.717) is 0 Å². The number of benzene rings is 1. The molecule has 1 aromatic carbocycles. The van der Waals surface area contributed by atoms with Gasteiger partial charge in [0.15, 0.2) is 5.11 Å². The summed E-state index contributed by atoms with van der Waals surface area (Å²) >= 11 is 8.55. The van der Waals surface area contributed by atoms with Crippen LogP contribution in [0.1, 0.15) is 5.56 Å². The minimum Gasteiger partial charge on any atom is -0.366 e. The van der Waals surface area contributed by atoms with E-state index in [2.05, 4.69) is 33.4 Å². The van der Waals surface area contributed by atoms with Gasteiger partial charge in [-0.15, -0.1) is 0 Å². The van der Waals surface area contributed by atoms with Gasteiger partial charge in [-0.1, -0.05) is 28.1 Å². The molecule has 0 unspecified atom stereocenters. The summed E-state index contributed by atoms with van der Waals surface area (Å²) in [7, 11) is 3.81. The molecule has 1 N–H and O–H groups in total. The molecular formula is C10H13BrN2S. The molecule has 0 bridgehead atoms. The maximum absolute atomic E-state index is 5.11. The molecule has 2 nitrogen and oxygen atoms in total. The van der Waals surface area contributed by atoms with E-state index in [1.165, 1.54) is 5.56 Å². The lowest BCUT2D eigenvalue weighted by Crippen LogP contribution is -2.33. The first-order valence-corrected chi connectivity index (χ1v) is 5.51. The Bertz CT molecular complexity index is 328. The van der Waals surface area contributed by atoms with E-state index in [4.69, 9.17) is 12.2 Å². The highest BCUT2D eigenvalue weighted by Crippen LogP contribution is 2.12. The second kappa shape index (κ2) is 5.32. The van der Waals surface area contributed by atoms with Crippen molar-refractivity contribution in [1.29, 1.82) is 0 Å². The molecule has 0 aliphatic heterocycles. The maximum atomic E-state index is 5.11. The SMILES string of the molecule is CNC(=S)N(C)Cc1cccc(Br)c1. The van der Waals surface area contributed by atoms with E-state index in [-0.39, 0.29) is 0 Å². The van der Waals surface area contributed by atoms with Crippen molar-refractivity contribution in [2.45, 2.75) is 6.54 Å². The standard InChI is InChI=1S/C10H13BrN2S/c1-12-10(14)13(2)7-8-4-3-5-9(11)6-8/h3-6H,7H2,1-2H3,(H,12,14). The fraction of sp³-hybridized carbons (Fsp3) is 0.300. The van der Waals surface area contributed by atoms with Crippen molar-refractivity contribution in [3.05, 3.63) is 34.3 Å². The third-order valence-corrected chi connectivity index (χ3v) is 2.88. The summed E-state index contributed by atoms with van der Waals surface area (Å²) in [5, 5.41) is 3.70. The van der Waals surface area contributed by atoms with E-state index in [1.54, 1.807) is 0 Å². The topological polar surface area (TPSA) is 15.3 Å².